The maximum absolute atomic E-state index is 12.2. The Bertz CT molecular complexity index is 930. The Labute approximate surface area is 158 Å². The number of nitrogens with one attached hydrogen (secondary N) is 1. The molecule has 0 radical (unpaired) electrons. The van der Waals surface area contributed by atoms with Crippen LogP contribution in [0.4, 0.5) is 0 Å². The molecule has 0 unspecified atom stereocenters. The minimum atomic E-state index is -0.468. The van der Waals surface area contributed by atoms with E-state index in [9.17, 15) is 14.4 Å². The van der Waals surface area contributed by atoms with Crippen LogP contribution < -0.4 is 5.32 Å². The third-order valence-electron chi connectivity index (χ3n) is 4.62. The van der Waals surface area contributed by atoms with Crippen molar-refractivity contribution in [3.8, 4) is 0 Å². The van der Waals surface area contributed by atoms with Gasteiger partial charge in [0.25, 0.3) is 11.8 Å². The maximum Gasteiger partial charge on any atom is 0.310 e. The number of carbonyl (C=O) groups is 3. The molecule has 2 aromatic rings. The van der Waals surface area contributed by atoms with Crippen LogP contribution in [0.1, 0.15) is 49.4 Å². The molecule has 1 heterocycles. The third kappa shape index (κ3) is 4.14. The molecular formula is C22H21NO4. The fourth-order valence-corrected chi connectivity index (χ4v) is 3.15. The first kappa shape index (κ1) is 18.6. The quantitative estimate of drug-likeness (QED) is 0.465. The highest BCUT2D eigenvalue weighted by molar-refractivity contribution is 6.22. The minimum Gasteiger partial charge on any atom is -0.461 e. The van der Waals surface area contributed by atoms with E-state index in [4.69, 9.17) is 4.74 Å². The zero-order valence-corrected chi connectivity index (χ0v) is 15.2. The minimum absolute atomic E-state index is 0.0552. The van der Waals surface area contributed by atoms with Gasteiger partial charge in [-0.3, -0.25) is 19.7 Å². The second kappa shape index (κ2) is 7.99. The van der Waals surface area contributed by atoms with Crippen molar-refractivity contribution < 1.29 is 19.1 Å². The molecule has 3 rings (SSSR count). The summed E-state index contributed by atoms with van der Waals surface area (Å²) in [5.41, 5.74) is 4.29. The van der Waals surface area contributed by atoms with Crippen molar-refractivity contribution in [1.29, 1.82) is 0 Å². The predicted molar refractivity (Wildman–Crippen MR) is 101 cm³/mol. The van der Waals surface area contributed by atoms with Gasteiger partial charge < -0.3 is 4.74 Å². The summed E-state index contributed by atoms with van der Waals surface area (Å²) < 4.78 is 5.38. The molecule has 27 heavy (non-hydrogen) atoms. The molecule has 1 aliphatic heterocycles. The van der Waals surface area contributed by atoms with Crippen LogP contribution >= 0.6 is 0 Å². The number of ether oxygens (including phenoxy) is 1. The van der Waals surface area contributed by atoms with Gasteiger partial charge in [-0.25, -0.2) is 0 Å². The van der Waals surface area contributed by atoms with Gasteiger partial charge in [-0.1, -0.05) is 36.4 Å². The normalized spacial score (nSPS) is 12.5. The number of hydrogen-bond donors (Lipinski definition) is 1. The van der Waals surface area contributed by atoms with Gasteiger partial charge in [0.05, 0.1) is 17.5 Å². The topological polar surface area (TPSA) is 72.5 Å². The molecule has 0 fully saturated rings. The molecule has 2 aromatic carbocycles. The molecule has 0 saturated carbocycles. The largest absolute Gasteiger partial charge is 0.461 e. The Morgan fingerprint density at radius 3 is 2.70 bits per heavy atom. The molecule has 5 nitrogen and oxygen atoms in total. The number of esters is 1. The lowest BCUT2D eigenvalue weighted by atomic mass is 10.0. The van der Waals surface area contributed by atoms with E-state index in [2.05, 4.69) is 18.0 Å². The number of carbonyl (C=O) groups excluding carboxylic acids is 3. The van der Waals surface area contributed by atoms with E-state index in [-0.39, 0.29) is 18.6 Å². The summed E-state index contributed by atoms with van der Waals surface area (Å²) in [6, 6.07) is 11.0. The van der Waals surface area contributed by atoms with E-state index in [0.29, 0.717) is 11.1 Å². The van der Waals surface area contributed by atoms with E-state index in [0.717, 1.165) is 24.0 Å². The van der Waals surface area contributed by atoms with Crippen molar-refractivity contribution in [3.63, 3.8) is 0 Å². The highest BCUT2D eigenvalue weighted by Crippen LogP contribution is 2.21. The zero-order valence-electron chi connectivity index (χ0n) is 15.2. The number of amides is 2. The SMILES string of the molecule is C=CCCc1ccc(COC(=O)Cc2cccc3c2C(=O)NC3=O)c(C)c1. The molecule has 0 atom stereocenters. The smallest absolute Gasteiger partial charge is 0.310 e. The van der Waals surface area contributed by atoms with E-state index >= 15 is 0 Å². The lowest BCUT2D eigenvalue weighted by Crippen LogP contribution is -2.20. The molecule has 0 bridgehead atoms. The summed E-state index contributed by atoms with van der Waals surface area (Å²) in [6.45, 7) is 5.89. The van der Waals surface area contributed by atoms with Crippen molar-refractivity contribution in [2.24, 2.45) is 0 Å². The average molecular weight is 363 g/mol. The molecule has 2 amide bonds. The summed E-state index contributed by atoms with van der Waals surface area (Å²) in [7, 11) is 0. The number of allylic oxidation sites excluding steroid dienone is 1. The summed E-state index contributed by atoms with van der Waals surface area (Å²) in [5.74, 6) is -1.34. The fourth-order valence-electron chi connectivity index (χ4n) is 3.15. The van der Waals surface area contributed by atoms with Gasteiger partial charge in [0, 0.05) is 0 Å². The van der Waals surface area contributed by atoms with E-state index < -0.39 is 17.8 Å². The van der Waals surface area contributed by atoms with E-state index in [1.807, 2.05) is 25.1 Å². The van der Waals surface area contributed by atoms with Crippen LogP contribution in [-0.2, 0) is 29.0 Å². The Hall–Kier alpha value is -3.21. The first-order valence-electron chi connectivity index (χ1n) is 8.82. The van der Waals surface area contributed by atoms with Crippen molar-refractivity contribution in [1.82, 2.24) is 5.32 Å². The number of benzene rings is 2. The second-order valence-corrected chi connectivity index (χ2v) is 6.55. The Morgan fingerprint density at radius 1 is 1.15 bits per heavy atom. The first-order valence-corrected chi connectivity index (χ1v) is 8.82. The van der Waals surface area contributed by atoms with Crippen molar-refractivity contribution >= 4 is 17.8 Å². The maximum atomic E-state index is 12.2. The lowest BCUT2D eigenvalue weighted by molar-refractivity contribution is -0.144. The van der Waals surface area contributed by atoms with Crippen LogP contribution in [0.25, 0.3) is 0 Å². The summed E-state index contributed by atoms with van der Waals surface area (Å²) in [6.07, 6.45) is 3.69. The lowest BCUT2D eigenvalue weighted by Gasteiger charge is -2.10. The predicted octanol–water partition coefficient (Wildman–Crippen LogP) is 3.28. The second-order valence-electron chi connectivity index (χ2n) is 6.55. The number of fused-ring (bicyclic) bond motifs is 1. The summed E-state index contributed by atoms with van der Waals surface area (Å²) in [5, 5.41) is 2.24. The molecule has 1 N–H and O–H groups in total. The van der Waals surface area contributed by atoms with Gasteiger partial charge in [0.15, 0.2) is 0 Å². The van der Waals surface area contributed by atoms with Crippen LogP contribution in [0.3, 0.4) is 0 Å². The Balaban J connectivity index is 1.64. The van der Waals surface area contributed by atoms with Gasteiger partial charge in [0.2, 0.25) is 0 Å². The number of aryl methyl sites for hydroxylation is 2. The summed E-state index contributed by atoms with van der Waals surface area (Å²) >= 11 is 0. The Morgan fingerprint density at radius 2 is 1.96 bits per heavy atom. The van der Waals surface area contributed by atoms with Gasteiger partial charge >= 0.3 is 5.97 Å². The van der Waals surface area contributed by atoms with E-state index in [1.165, 1.54) is 5.56 Å². The number of hydrogen-bond acceptors (Lipinski definition) is 4. The van der Waals surface area contributed by atoms with Crippen LogP contribution in [0, 0.1) is 6.92 Å². The van der Waals surface area contributed by atoms with E-state index in [1.54, 1.807) is 18.2 Å². The summed E-state index contributed by atoms with van der Waals surface area (Å²) in [4.78, 5) is 35.9. The standard InChI is InChI=1S/C22H21NO4/c1-3-4-6-15-9-10-17(14(2)11-15)13-27-19(24)12-16-7-5-8-18-20(16)22(26)23-21(18)25/h3,5,7-11H,1,4,6,12-13H2,2H3,(H,23,25,26). The van der Waals surface area contributed by atoms with Crippen LogP contribution in [-0.4, -0.2) is 17.8 Å². The van der Waals surface area contributed by atoms with Gasteiger partial charge in [0.1, 0.15) is 6.61 Å². The molecular weight excluding hydrogens is 342 g/mol. The third-order valence-corrected chi connectivity index (χ3v) is 4.62. The fraction of sp³-hybridized carbons (Fsp3) is 0.227. The number of rotatable bonds is 7. The highest BCUT2D eigenvalue weighted by atomic mass is 16.5. The highest BCUT2D eigenvalue weighted by Gasteiger charge is 2.29. The van der Waals surface area contributed by atoms with Gasteiger partial charge in [-0.05, 0) is 48.1 Å². The van der Waals surface area contributed by atoms with Crippen LogP contribution in [0.15, 0.2) is 49.1 Å². The van der Waals surface area contributed by atoms with Gasteiger partial charge in [-0.2, -0.15) is 0 Å². The Kier molecular flexibility index (Phi) is 5.50. The molecule has 0 spiro atoms. The molecule has 0 saturated heterocycles. The average Bonchev–Trinajstić information content (AvgIpc) is 2.94. The molecule has 138 valence electrons. The van der Waals surface area contributed by atoms with Crippen molar-refractivity contribution in [2.75, 3.05) is 0 Å². The van der Waals surface area contributed by atoms with Crippen LogP contribution in [0.2, 0.25) is 0 Å². The molecule has 0 aliphatic carbocycles. The molecule has 5 heteroatoms. The number of imide groups is 1. The van der Waals surface area contributed by atoms with Crippen molar-refractivity contribution in [2.45, 2.75) is 32.8 Å². The van der Waals surface area contributed by atoms with Crippen molar-refractivity contribution in [3.05, 3.63) is 82.4 Å². The monoisotopic (exact) mass is 363 g/mol. The zero-order chi connectivity index (χ0) is 19.4. The first-order chi connectivity index (χ1) is 13.0. The molecule has 0 aromatic heterocycles. The van der Waals surface area contributed by atoms with Crippen LogP contribution in [0.5, 0.6) is 0 Å². The molecule has 1 aliphatic rings. The van der Waals surface area contributed by atoms with Gasteiger partial charge in [-0.15, -0.1) is 6.58 Å².